The van der Waals surface area contributed by atoms with Crippen molar-refractivity contribution in [1.82, 2.24) is 19.1 Å². The average molecular weight is 591 g/mol. The molecule has 6 aromatic heterocycles. The maximum Gasteiger partial charge on any atom is 0.139 e. The van der Waals surface area contributed by atoms with Crippen LogP contribution < -0.4 is 0 Å². The Kier molecular flexibility index (Phi) is 4.49. The highest BCUT2D eigenvalue weighted by Gasteiger charge is 2.18. The molecule has 11 aromatic rings. The summed E-state index contributed by atoms with van der Waals surface area (Å²) >= 11 is 0. The van der Waals surface area contributed by atoms with Crippen LogP contribution in [0.5, 0.6) is 0 Å². The summed E-state index contributed by atoms with van der Waals surface area (Å²) in [6, 6.07) is 38.3. The molecule has 0 saturated heterocycles. The third-order valence-corrected chi connectivity index (χ3v) is 9.50. The first kappa shape index (κ1) is 24.0. The second kappa shape index (κ2) is 8.61. The average Bonchev–Trinajstić information content (AvgIpc) is 3.84. The number of fused-ring (bicyclic) bond motifs is 12. The standard InChI is InChI=1S/C40H22N4O2/c1-3-7-33-25(5-1)27-13-15-41-21-35(27)43(33)23-9-11-37-29(17-23)31-19-32-30-18-24(10-12-38(30)46-40(32)20-39(31)45-37)44-34-8-4-2-6-26(34)28-14-16-42-22-36(28)44/h1-22H. The third kappa shape index (κ3) is 3.09. The molecule has 0 aliphatic rings. The highest BCUT2D eigenvalue weighted by atomic mass is 16.3. The van der Waals surface area contributed by atoms with Crippen molar-refractivity contribution in [2.75, 3.05) is 0 Å². The van der Waals surface area contributed by atoms with E-state index in [4.69, 9.17) is 8.83 Å². The summed E-state index contributed by atoms with van der Waals surface area (Å²) < 4.78 is 17.4. The van der Waals surface area contributed by atoms with Crippen molar-refractivity contribution >= 4 is 87.5 Å². The van der Waals surface area contributed by atoms with E-state index in [0.29, 0.717) is 0 Å². The van der Waals surface area contributed by atoms with Crippen LogP contribution in [0.25, 0.3) is 98.9 Å². The summed E-state index contributed by atoms with van der Waals surface area (Å²) in [6.45, 7) is 0. The Balaban J connectivity index is 1.16. The lowest BCUT2D eigenvalue weighted by Crippen LogP contribution is -1.93. The van der Waals surface area contributed by atoms with Gasteiger partial charge in [0.2, 0.25) is 0 Å². The molecule has 0 amide bonds. The molecule has 5 aromatic carbocycles. The summed E-state index contributed by atoms with van der Waals surface area (Å²) in [4.78, 5) is 8.92. The Morgan fingerprint density at radius 1 is 0.370 bits per heavy atom. The maximum absolute atomic E-state index is 6.39. The number of rotatable bonds is 2. The summed E-state index contributed by atoms with van der Waals surface area (Å²) in [5, 5.41) is 9.01. The molecule has 0 N–H and O–H groups in total. The highest BCUT2D eigenvalue weighted by Crippen LogP contribution is 2.40. The SMILES string of the molecule is c1ccc2c(c1)c1ccncc1n2-c1ccc2oc3cc4oc5ccc(-n6c7ccccc7c7ccncc76)cc5c4cc3c2c1. The van der Waals surface area contributed by atoms with Gasteiger partial charge in [-0.05, 0) is 66.7 Å². The van der Waals surface area contributed by atoms with E-state index in [0.717, 1.165) is 77.3 Å². The van der Waals surface area contributed by atoms with Crippen molar-refractivity contribution < 1.29 is 8.83 Å². The summed E-state index contributed by atoms with van der Waals surface area (Å²) in [5.41, 5.74) is 9.86. The van der Waals surface area contributed by atoms with Crippen molar-refractivity contribution in [3.63, 3.8) is 0 Å². The second-order valence-electron chi connectivity index (χ2n) is 11.9. The van der Waals surface area contributed by atoms with Gasteiger partial charge in [0.25, 0.3) is 0 Å². The lowest BCUT2D eigenvalue weighted by atomic mass is 10.1. The molecule has 214 valence electrons. The number of hydrogen-bond acceptors (Lipinski definition) is 4. The summed E-state index contributed by atoms with van der Waals surface area (Å²) in [6.07, 6.45) is 7.60. The predicted molar refractivity (Wildman–Crippen MR) is 185 cm³/mol. The van der Waals surface area contributed by atoms with Crippen LogP contribution in [-0.4, -0.2) is 19.1 Å². The van der Waals surface area contributed by atoms with Crippen LogP contribution in [-0.2, 0) is 0 Å². The van der Waals surface area contributed by atoms with Crippen molar-refractivity contribution in [2.45, 2.75) is 0 Å². The second-order valence-corrected chi connectivity index (χ2v) is 11.9. The van der Waals surface area contributed by atoms with Gasteiger partial charge in [-0.15, -0.1) is 0 Å². The fourth-order valence-electron chi connectivity index (χ4n) is 7.49. The Morgan fingerprint density at radius 2 is 0.826 bits per heavy atom. The van der Waals surface area contributed by atoms with Gasteiger partial charge < -0.3 is 18.0 Å². The van der Waals surface area contributed by atoms with Crippen molar-refractivity contribution in [3.8, 4) is 11.4 Å². The van der Waals surface area contributed by atoms with E-state index < -0.39 is 0 Å². The summed E-state index contributed by atoms with van der Waals surface area (Å²) in [5.74, 6) is 0. The molecule has 11 rings (SSSR count). The highest BCUT2D eigenvalue weighted by molar-refractivity contribution is 6.16. The zero-order valence-corrected chi connectivity index (χ0v) is 24.3. The Hall–Kier alpha value is -6.40. The van der Waals surface area contributed by atoms with Crippen LogP contribution in [0.1, 0.15) is 0 Å². The number of furan rings is 2. The molecule has 0 bridgehead atoms. The first-order chi connectivity index (χ1) is 22.8. The molecule has 0 atom stereocenters. The fraction of sp³-hybridized carbons (Fsp3) is 0. The third-order valence-electron chi connectivity index (χ3n) is 9.50. The van der Waals surface area contributed by atoms with Crippen LogP contribution >= 0.6 is 0 Å². The molecule has 6 nitrogen and oxygen atoms in total. The van der Waals surface area contributed by atoms with E-state index in [9.17, 15) is 0 Å². The lowest BCUT2D eigenvalue weighted by Gasteiger charge is -2.08. The smallest absolute Gasteiger partial charge is 0.139 e. The van der Waals surface area contributed by atoms with Crippen molar-refractivity contribution in [2.24, 2.45) is 0 Å². The molecule has 6 heterocycles. The molecule has 0 aliphatic heterocycles. The molecule has 6 heteroatoms. The quantitative estimate of drug-likeness (QED) is 0.201. The Labute approximate surface area is 260 Å². The molecular formula is C40H22N4O2. The molecule has 0 fully saturated rings. The number of hydrogen-bond donors (Lipinski definition) is 0. The van der Waals surface area contributed by atoms with Gasteiger partial charge in [0, 0.05) is 72.9 Å². The largest absolute Gasteiger partial charge is 0.456 e. The maximum atomic E-state index is 6.39. The number of aromatic nitrogens is 4. The van der Waals surface area contributed by atoms with Gasteiger partial charge in [0.1, 0.15) is 22.3 Å². The minimum Gasteiger partial charge on any atom is -0.456 e. The molecule has 0 spiro atoms. The van der Waals surface area contributed by atoms with Gasteiger partial charge in [-0.25, -0.2) is 0 Å². The number of pyridine rings is 2. The predicted octanol–water partition coefficient (Wildman–Crippen LogP) is 10.5. The van der Waals surface area contributed by atoms with Crippen molar-refractivity contribution in [1.29, 1.82) is 0 Å². The molecule has 46 heavy (non-hydrogen) atoms. The fourth-order valence-corrected chi connectivity index (χ4v) is 7.49. The van der Waals surface area contributed by atoms with Gasteiger partial charge in [-0.2, -0.15) is 0 Å². The van der Waals surface area contributed by atoms with Crippen LogP contribution in [0.3, 0.4) is 0 Å². The summed E-state index contributed by atoms with van der Waals surface area (Å²) in [7, 11) is 0. The van der Waals surface area contributed by atoms with E-state index in [2.05, 4.69) is 122 Å². The van der Waals surface area contributed by atoms with E-state index in [1.54, 1.807) is 0 Å². The van der Waals surface area contributed by atoms with Gasteiger partial charge >= 0.3 is 0 Å². The lowest BCUT2D eigenvalue weighted by molar-refractivity contribution is 0.656. The van der Waals surface area contributed by atoms with E-state index in [1.165, 1.54) is 21.5 Å². The number of nitrogens with zero attached hydrogens (tertiary/aromatic N) is 4. The molecule has 0 saturated carbocycles. The molecule has 0 unspecified atom stereocenters. The first-order valence-electron chi connectivity index (χ1n) is 15.3. The first-order valence-corrected chi connectivity index (χ1v) is 15.3. The van der Waals surface area contributed by atoms with E-state index >= 15 is 0 Å². The van der Waals surface area contributed by atoms with Crippen LogP contribution in [0.2, 0.25) is 0 Å². The van der Waals surface area contributed by atoms with Gasteiger partial charge in [-0.3, -0.25) is 9.97 Å². The normalized spacial score (nSPS) is 12.3. The van der Waals surface area contributed by atoms with Crippen LogP contribution in [0, 0.1) is 0 Å². The monoisotopic (exact) mass is 590 g/mol. The van der Waals surface area contributed by atoms with Crippen LogP contribution in [0.4, 0.5) is 0 Å². The van der Waals surface area contributed by atoms with Crippen LogP contribution in [0.15, 0.2) is 143 Å². The van der Waals surface area contributed by atoms with Gasteiger partial charge in [-0.1, -0.05) is 36.4 Å². The van der Waals surface area contributed by atoms with E-state index in [-0.39, 0.29) is 0 Å². The van der Waals surface area contributed by atoms with Gasteiger partial charge in [0.15, 0.2) is 0 Å². The van der Waals surface area contributed by atoms with E-state index in [1.807, 2.05) is 30.9 Å². The molecular weight excluding hydrogens is 568 g/mol. The minimum atomic E-state index is 0.802. The zero-order chi connectivity index (χ0) is 29.9. The Bertz CT molecular complexity index is 2740. The minimum absolute atomic E-state index is 0.802. The van der Waals surface area contributed by atoms with Gasteiger partial charge in [0.05, 0.1) is 34.5 Å². The number of para-hydroxylation sites is 2. The zero-order valence-electron chi connectivity index (χ0n) is 24.3. The number of benzene rings is 5. The Morgan fingerprint density at radius 3 is 1.35 bits per heavy atom. The van der Waals surface area contributed by atoms with Crippen molar-refractivity contribution in [3.05, 3.63) is 134 Å². The molecule has 0 aliphatic carbocycles. The topological polar surface area (TPSA) is 61.9 Å². The molecule has 0 radical (unpaired) electrons.